The number of carboxylic acid groups (broad SMARTS) is 1. The van der Waals surface area contributed by atoms with E-state index in [0.717, 1.165) is 5.56 Å². The van der Waals surface area contributed by atoms with Crippen LogP contribution in [0.15, 0.2) is 72.8 Å². The highest BCUT2D eigenvalue weighted by molar-refractivity contribution is 6.12. The molecule has 0 aliphatic heterocycles. The minimum atomic E-state index is -1.20. The van der Waals surface area contributed by atoms with E-state index in [1.807, 2.05) is 48.7 Å². The average Bonchev–Trinajstić information content (AvgIpc) is 3.36. The monoisotopic (exact) mass is 618 g/mol. The predicted octanol–water partition coefficient (Wildman–Crippen LogP) is 6.33. The minimum absolute atomic E-state index is 0.116. The SMILES string of the molecule is COc1ccc(NC(=O)c2c(-c3ccccc3)c(-c3ccc(F)cc3)n(CC[C@@H](O)C[C@@H](O)CC(=O)O)c2C(C)C)cc1OC. The van der Waals surface area contributed by atoms with Crippen LogP contribution in [-0.2, 0) is 11.3 Å². The summed E-state index contributed by atoms with van der Waals surface area (Å²) < 4.78 is 26.8. The number of methoxy groups -OCH3 is 2. The fourth-order valence-corrected chi connectivity index (χ4v) is 5.60. The summed E-state index contributed by atoms with van der Waals surface area (Å²) in [5.74, 6) is -1.13. The maximum absolute atomic E-state index is 14.3. The van der Waals surface area contributed by atoms with Gasteiger partial charge in [0.2, 0.25) is 0 Å². The second kappa shape index (κ2) is 14.9. The van der Waals surface area contributed by atoms with Crippen molar-refractivity contribution in [3.63, 3.8) is 0 Å². The number of anilines is 1. The first-order valence-electron chi connectivity index (χ1n) is 14.7. The Balaban J connectivity index is 1.90. The largest absolute Gasteiger partial charge is 0.493 e. The van der Waals surface area contributed by atoms with Crippen LogP contribution in [0.2, 0.25) is 0 Å². The predicted molar refractivity (Wildman–Crippen MR) is 170 cm³/mol. The van der Waals surface area contributed by atoms with Crippen molar-refractivity contribution < 1.29 is 38.8 Å². The van der Waals surface area contributed by atoms with Gasteiger partial charge in [0, 0.05) is 29.6 Å². The van der Waals surface area contributed by atoms with Crippen molar-refractivity contribution in [3.8, 4) is 33.9 Å². The lowest BCUT2D eigenvalue weighted by Crippen LogP contribution is -2.22. The number of nitrogens with zero attached hydrogens (tertiary/aromatic N) is 1. The number of aliphatic hydroxyl groups excluding tert-OH is 2. The zero-order valence-corrected chi connectivity index (χ0v) is 25.8. The molecule has 238 valence electrons. The van der Waals surface area contributed by atoms with Gasteiger partial charge in [-0.2, -0.15) is 0 Å². The van der Waals surface area contributed by atoms with Gasteiger partial charge in [0.1, 0.15) is 5.82 Å². The van der Waals surface area contributed by atoms with Crippen LogP contribution in [0.5, 0.6) is 11.5 Å². The second-order valence-corrected chi connectivity index (χ2v) is 11.1. The van der Waals surface area contributed by atoms with Gasteiger partial charge in [0.25, 0.3) is 5.91 Å². The van der Waals surface area contributed by atoms with Crippen molar-refractivity contribution in [2.45, 2.75) is 57.8 Å². The first-order valence-corrected chi connectivity index (χ1v) is 14.7. The second-order valence-electron chi connectivity index (χ2n) is 11.1. The van der Waals surface area contributed by atoms with Gasteiger partial charge in [-0.25, -0.2) is 4.39 Å². The Bertz CT molecular complexity index is 1620. The lowest BCUT2D eigenvalue weighted by molar-refractivity contribution is -0.139. The van der Waals surface area contributed by atoms with Crippen LogP contribution in [0.1, 0.15) is 55.1 Å². The average molecular weight is 619 g/mol. The van der Waals surface area contributed by atoms with Crippen molar-refractivity contribution >= 4 is 17.6 Å². The maximum atomic E-state index is 14.3. The van der Waals surface area contributed by atoms with Crippen molar-refractivity contribution in [2.24, 2.45) is 0 Å². The van der Waals surface area contributed by atoms with Gasteiger partial charge in [-0.15, -0.1) is 0 Å². The Labute approximate surface area is 261 Å². The summed E-state index contributed by atoms with van der Waals surface area (Å²) >= 11 is 0. The molecular weight excluding hydrogens is 579 g/mol. The third kappa shape index (κ3) is 7.89. The lowest BCUT2D eigenvalue weighted by Gasteiger charge is -2.20. The van der Waals surface area contributed by atoms with Crippen molar-refractivity contribution in [3.05, 3.63) is 89.9 Å². The van der Waals surface area contributed by atoms with E-state index in [1.54, 1.807) is 30.3 Å². The molecule has 1 heterocycles. The molecule has 9 nitrogen and oxygen atoms in total. The van der Waals surface area contributed by atoms with E-state index in [4.69, 9.17) is 14.6 Å². The van der Waals surface area contributed by atoms with Gasteiger partial charge in [0.15, 0.2) is 11.5 Å². The number of carboxylic acids is 1. The molecule has 0 aliphatic carbocycles. The standard InChI is InChI=1S/C35H39FN2O7/c1-21(2)33-32(35(43)37-25-14-15-28(44-3)29(18-25)45-4)31(22-8-6-5-7-9-22)34(23-10-12-24(36)13-11-23)38(33)17-16-26(39)19-27(40)20-30(41)42/h5-15,18,21,26-27,39-40H,16-17,19-20H2,1-4H3,(H,37,43)(H,41,42)/t26-,27-/m1/s1. The molecule has 4 N–H and O–H groups in total. The van der Waals surface area contributed by atoms with E-state index < -0.39 is 30.4 Å². The van der Waals surface area contributed by atoms with Crippen LogP contribution in [0.4, 0.5) is 10.1 Å². The molecule has 0 bridgehead atoms. The fourth-order valence-electron chi connectivity index (χ4n) is 5.60. The van der Waals surface area contributed by atoms with Gasteiger partial charge >= 0.3 is 5.97 Å². The summed E-state index contributed by atoms with van der Waals surface area (Å²) in [6, 6.07) is 20.5. The summed E-state index contributed by atoms with van der Waals surface area (Å²) in [5, 5.41) is 32.9. The van der Waals surface area contributed by atoms with E-state index in [9.17, 15) is 24.2 Å². The number of ether oxygens (including phenoxy) is 2. The Morgan fingerprint density at radius 1 is 0.889 bits per heavy atom. The Hall–Kier alpha value is -4.67. The summed E-state index contributed by atoms with van der Waals surface area (Å²) in [7, 11) is 3.04. The number of halogens is 1. The Morgan fingerprint density at radius 2 is 1.56 bits per heavy atom. The van der Waals surface area contributed by atoms with Crippen LogP contribution in [0.25, 0.3) is 22.4 Å². The molecule has 1 amide bonds. The van der Waals surface area contributed by atoms with Crippen LogP contribution in [0, 0.1) is 5.82 Å². The number of rotatable bonds is 14. The third-order valence-corrected chi connectivity index (χ3v) is 7.54. The quantitative estimate of drug-likeness (QED) is 0.130. The molecule has 45 heavy (non-hydrogen) atoms. The lowest BCUT2D eigenvalue weighted by atomic mass is 9.94. The minimum Gasteiger partial charge on any atom is -0.493 e. The number of hydrogen-bond donors (Lipinski definition) is 4. The van der Waals surface area contributed by atoms with Crippen LogP contribution in [-0.4, -0.2) is 58.2 Å². The summed E-state index contributed by atoms with van der Waals surface area (Å²) in [6.45, 7) is 4.18. The van der Waals surface area contributed by atoms with Gasteiger partial charge in [-0.05, 0) is 66.3 Å². The molecule has 0 fully saturated rings. The molecule has 4 aromatic rings. The number of aliphatic carboxylic acids is 1. The molecule has 0 saturated heterocycles. The normalized spacial score (nSPS) is 12.5. The number of aromatic nitrogens is 1. The molecule has 0 radical (unpaired) electrons. The number of hydrogen-bond acceptors (Lipinski definition) is 6. The maximum Gasteiger partial charge on any atom is 0.305 e. The number of benzene rings is 3. The third-order valence-electron chi connectivity index (χ3n) is 7.54. The highest BCUT2D eigenvalue weighted by Gasteiger charge is 2.31. The van der Waals surface area contributed by atoms with Crippen molar-refractivity contribution in [2.75, 3.05) is 19.5 Å². The Kier molecular flexibility index (Phi) is 11.0. The van der Waals surface area contributed by atoms with E-state index in [1.165, 1.54) is 26.4 Å². The highest BCUT2D eigenvalue weighted by atomic mass is 19.1. The summed E-state index contributed by atoms with van der Waals surface area (Å²) in [6.07, 6.45) is -2.63. The molecule has 10 heteroatoms. The summed E-state index contributed by atoms with van der Waals surface area (Å²) in [5.41, 5.74) is 4.36. The molecule has 4 rings (SSSR count). The summed E-state index contributed by atoms with van der Waals surface area (Å²) in [4.78, 5) is 25.4. The molecule has 2 atom stereocenters. The van der Waals surface area contributed by atoms with E-state index in [-0.39, 0.29) is 31.2 Å². The Morgan fingerprint density at radius 3 is 2.16 bits per heavy atom. The zero-order valence-electron chi connectivity index (χ0n) is 25.8. The molecule has 0 aliphatic rings. The highest BCUT2D eigenvalue weighted by Crippen LogP contribution is 2.43. The fraction of sp³-hybridized carbons (Fsp3) is 0.314. The van der Waals surface area contributed by atoms with Crippen LogP contribution in [0.3, 0.4) is 0 Å². The zero-order chi connectivity index (χ0) is 32.7. The molecule has 3 aromatic carbocycles. The van der Waals surface area contributed by atoms with E-state index in [0.29, 0.717) is 45.3 Å². The van der Waals surface area contributed by atoms with Crippen LogP contribution < -0.4 is 14.8 Å². The van der Waals surface area contributed by atoms with Crippen molar-refractivity contribution in [1.29, 1.82) is 0 Å². The molecular formula is C35H39FN2O7. The smallest absolute Gasteiger partial charge is 0.305 e. The first kappa shape index (κ1) is 33.2. The van der Waals surface area contributed by atoms with Crippen molar-refractivity contribution in [1.82, 2.24) is 4.57 Å². The first-order chi connectivity index (χ1) is 21.5. The number of amides is 1. The van der Waals surface area contributed by atoms with Gasteiger partial charge in [0.05, 0.1) is 44.1 Å². The molecule has 0 saturated carbocycles. The van der Waals surface area contributed by atoms with Gasteiger partial charge < -0.3 is 34.7 Å². The van der Waals surface area contributed by atoms with E-state index in [2.05, 4.69) is 5.32 Å². The topological polar surface area (TPSA) is 130 Å². The molecule has 0 spiro atoms. The molecule has 1 aromatic heterocycles. The molecule has 0 unspecified atom stereocenters. The van der Waals surface area contributed by atoms with Crippen LogP contribution >= 0.6 is 0 Å². The van der Waals surface area contributed by atoms with Gasteiger partial charge in [-0.3, -0.25) is 9.59 Å². The number of carbonyl (C=O) groups is 2. The van der Waals surface area contributed by atoms with E-state index >= 15 is 0 Å². The number of carbonyl (C=O) groups excluding carboxylic acids is 1. The van der Waals surface area contributed by atoms with Gasteiger partial charge in [-0.1, -0.05) is 44.2 Å². The number of aliphatic hydroxyl groups is 2. The number of nitrogens with one attached hydrogen (secondary N) is 1.